The van der Waals surface area contributed by atoms with Gasteiger partial charge in [-0.3, -0.25) is 14.9 Å². The molecule has 1 aromatic heterocycles. The number of nitrogens with zero attached hydrogens (tertiary/aromatic N) is 2. The van der Waals surface area contributed by atoms with E-state index < -0.39 is 11.0 Å². The van der Waals surface area contributed by atoms with Crippen molar-refractivity contribution in [2.24, 2.45) is 0 Å². The number of nitro groups is 1. The molecule has 0 spiro atoms. The Bertz CT molecular complexity index is 463. The highest BCUT2D eigenvalue weighted by Gasteiger charge is 2.16. The van der Waals surface area contributed by atoms with Gasteiger partial charge in [0.25, 0.3) is 0 Å². The molecule has 98 valence electrons. The number of hydrogen-bond acceptors (Lipinski definition) is 6. The second kappa shape index (κ2) is 5.80. The van der Waals surface area contributed by atoms with Crippen LogP contribution >= 0.6 is 0 Å². The summed E-state index contributed by atoms with van der Waals surface area (Å²) in [5.74, 6) is -0.0545. The van der Waals surface area contributed by atoms with Crippen LogP contribution < -0.4 is 16.4 Å². The molecule has 0 aliphatic carbocycles. The summed E-state index contributed by atoms with van der Waals surface area (Å²) in [6.07, 6.45) is 0. The fourth-order valence-corrected chi connectivity index (χ4v) is 1.32. The molecule has 1 atom stereocenters. The topological polar surface area (TPSA) is 123 Å². The summed E-state index contributed by atoms with van der Waals surface area (Å²) >= 11 is 0. The number of nitrogens with one attached hydrogen (secondary N) is 2. The summed E-state index contributed by atoms with van der Waals surface area (Å²) in [7, 11) is 0. The fraction of sp³-hybridized carbons (Fsp3) is 0.400. The zero-order valence-electron chi connectivity index (χ0n) is 10.1. The third-order valence-corrected chi connectivity index (χ3v) is 2.21. The summed E-state index contributed by atoms with van der Waals surface area (Å²) < 4.78 is 0. The summed E-state index contributed by atoms with van der Waals surface area (Å²) in [6.45, 7) is 4.00. The van der Waals surface area contributed by atoms with E-state index in [1.807, 2.05) is 6.92 Å². The zero-order chi connectivity index (χ0) is 13.7. The SMILES string of the molecule is CCNC(=O)C(C)Nc1ccc([N+](=O)[O-])c(N)n1. The Morgan fingerprint density at radius 3 is 2.78 bits per heavy atom. The Kier molecular flexibility index (Phi) is 4.41. The smallest absolute Gasteiger partial charge is 0.311 e. The highest BCUT2D eigenvalue weighted by molar-refractivity contribution is 5.83. The average molecular weight is 253 g/mol. The Hall–Kier alpha value is -2.38. The summed E-state index contributed by atoms with van der Waals surface area (Å²) in [5, 5.41) is 16.0. The van der Waals surface area contributed by atoms with Gasteiger partial charge in [0.05, 0.1) is 4.92 Å². The molecular formula is C10H15N5O3. The van der Waals surface area contributed by atoms with Crippen molar-refractivity contribution in [2.75, 3.05) is 17.6 Å². The molecule has 0 radical (unpaired) electrons. The molecule has 8 heteroatoms. The third kappa shape index (κ3) is 3.30. The van der Waals surface area contributed by atoms with Gasteiger partial charge in [0.1, 0.15) is 11.9 Å². The molecule has 0 bridgehead atoms. The van der Waals surface area contributed by atoms with Crippen molar-refractivity contribution in [3.63, 3.8) is 0 Å². The molecule has 4 N–H and O–H groups in total. The monoisotopic (exact) mass is 253 g/mol. The maximum Gasteiger partial charge on any atom is 0.311 e. The van der Waals surface area contributed by atoms with Gasteiger partial charge in [-0.25, -0.2) is 4.98 Å². The van der Waals surface area contributed by atoms with Crippen LogP contribution in [0.3, 0.4) is 0 Å². The highest BCUT2D eigenvalue weighted by atomic mass is 16.6. The van der Waals surface area contributed by atoms with E-state index in [1.165, 1.54) is 12.1 Å². The van der Waals surface area contributed by atoms with Gasteiger partial charge in [0.2, 0.25) is 11.7 Å². The number of anilines is 2. The lowest BCUT2D eigenvalue weighted by Gasteiger charge is -2.13. The van der Waals surface area contributed by atoms with Crippen molar-refractivity contribution < 1.29 is 9.72 Å². The van der Waals surface area contributed by atoms with Gasteiger partial charge >= 0.3 is 5.69 Å². The maximum absolute atomic E-state index is 11.5. The van der Waals surface area contributed by atoms with Gasteiger partial charge in [-0.1, -0.05) is 0 Å². The van der Waals surface area contributed by atoms with E-state index in [0.29, 0.717) is 12.4 Å². The second-order valence-corrected chi connectivity index (χ2v) is 3.62. The number of pyridine rings is 1. The normalized spacial score (nSPS) is 11.7. The van der Waals surface area contributed by atoms with Crippen molar-refractivity contribution in [3.8, 4) is 0 Å². The van der Waals surface area contributed by atoms with Gasteiger partial charge < -0.3 is 16.4 Å². The average Bonchev–Trinajstić information content (AvgIpc) is 2.28. The van der Waals surface area contributed by atoms with E-state index in [1.54, 1.807) is 6.92 Å². The van der Waals surface area contributed by atoms with Crippen LogP contribution in [-0.4, -0.2) is 28.4 Å². The van der Waals surface area contributed by atoms with Gasteiger partial charge in [-0.15, -0.1) is 0 Å². The molecule has 1 aromatic rings. The molecule has 0 aliphatic heterocycles. The van der Waals surface area contributed by atoms with Crippen LogP contribution in [0, 0.1) is 10.1 Å². The van der Waals surface area contributed by atoms with E-state index in [-0.39, 0.29) is 17.4 Å². The number of nitrogen functional groups attached to an aromatic ring is 1. The Labute approximate surface area is 104 Å². The lowest BCUT2D eigenvalue weighted by Crippen LogP contribution is -2.37. The number of likely N-dealkylation sites (N-methyl/N-ethyl adjacent to an activating group) is 1. The van der Waals surface area contributed by atoms with Gasteiger partial charge in [-0.2, -0.15) is 0 Å². The minimum atomic E-state index is -0.612. The van der Waals surface area contributed by atoms with Crippen LogP contribution in [0.15, 0.2) is 12.1 Å². The van der Waals surface area contributed by atoms with Crippen molar-refractivity contribution in [3.05, 3.63) is 22.2 Å². The number of carbonyl (C=O) groups excluding carboxylic acids is 1. The van der Waals surface area contributed by atoms with E-state index >= 15 is 0 Å². The standard InChI is InChI=1S/C10H15N5O3/c1-3-12-10(16)6(2)13-8-5-4-7(15(17)18)9(11)14-8/h4-6H,3H2,1-2H3,(H,12,16)(H3,11,13,14). The first kappa shape index (κ1) is 13.7. The van der Waals surface area contributed by atoms with Gasteiger partial charge in [-0.05, 0) is 19.9 Å². The zero-order valence-corrected chi connectivity index (χ0v) is 10.1. The summed E-state index contributed by atoms with van der Waals surface area (Å²) in [4.78, 5) is 25.2. The molecule has 1 unspecified atom stereocenters. The number of carbonyl (C=O) groups is 1. The van der Waals surface area contributed by atoms with Crippen molar-refractivity contribution in [2.45, 2.75) is 19.9 Å². The summed E-state index contributed by atoms with van der Waals surface area (Å²) in [5.41, 5.74) is 5.18. The molecule has 0 aliphatic rings. The van der Waals surface area contributed by atoms with Crippen LogP contribution in [0.1, 0.15) is 13.8 Å². The van der Waals surface area contributed by atoms with Gasteiger partial charge in [0.15, 0.2) is 0 Å². The highest BCUT2D eigenvalue weighted by Crippen LogP contribution is 2.20. The fourth-order valence-electron chi connectivity index (χ4n) is 1.32. The third-order valence-electron chi connectivity index (χ3n) is 2.21. The van der Waals surface area contributed by atoms with E-state index in [2.05, 4.69) is 15.6 Å². The molecule has 0 fully saturated rings. The molecule has 0 aromatic carbocycles. The van der Waals surface area contributed by atoms with Crippen LogP contribution in [0.4, 0.5) is 17.3 Å². The van der Waals surface area contributed by atoms with E-state index in [4.69, 9.17) is 5.73 Å². The molecule has 0 saturated carbocycles. The molecule has 8 nitrogen and oxygen atoms in total. The van der Waals surface area contributed by atoms with Crippen LogP contribution in [0.2, 0.25) is 0 Å². The number of hydrogen-bond donors (Lipinski definition) is 3. The Morgan fingerprint density at radius 1 is 1.61 bits per heavy atom. The van der Waals surface area contributed by atoms with Crippen LogP contribution in [-0.2, 0) is 4.79 Å². The largest absolute Gasteiger partial charge is 0.378 e. The van der Waals surface area contributed by atoms with Crippen molar-refractivity contribution in [1.82, 2.24) is 10.3 Å². The molecule has 1 amide bonds. The van der Waals surface area contributed by atoms with Gasteiger partial charge in [0, 0.05) is 12.6 Å². The molecular weight excluding hydrogens is 238 g/mol. The van der Waals surface area contributed by atoms with E-state index in [0.717, 1.165) is 0 Å². The quantitative estimate of drug-likeness (QED) is 0.519. The molecule has 18 heavy (non-hydrogen) atoms. The lowest BCUT2D eigenvalue weighted by atomic mass is 10.3. The Morgan fingerprint density at radius 2 is 2.28 bits per heavy atom. The van der Waals surface area contributed by atoms with E-state index in [9.17, 15) is 14.9 Å². The minimum Gasteiger partial charge on any atom is -0.378 e. The number of aromatic nitrogens is 1. The number of amides is 1. The first-order valence-corrected chi connectivity index (χ1v) is 5.40. The lowest BCUT2D eigenvalue weighted by molar-refractivity contribution is -0.384. The summed E-state index contributed by atoms with van der Waals surface area (Å²) in [6, 6.07) is 2.15. The van der Waals surface area contributed by atoms with Crippen LogP contribution in [0.25, 0.3) is 0 Å². The molecule has 1 rings (SSSR count). The maximum atomic E-state index is 11.5. The van der Waals surface area contributed by atoms with Crippen molar-refractivity contribution >= 4 is 23.2 Å². The first-order valence-electron chi connectivity index (χ1n) is 5.40. The number of rotatable bonds is 5. The van der Waals surface area contributed by atoms with Crippen LogP contribution in [0.5, 0.6) is 0 Å². The van der Waals surface area contributed by atoms with Crippen molar-refractivity contribution in [1.29, 1.82) is 0 Å². The first-order chi connectivity index (χ1) is 8.45. The minimum absolute atomic E-state index is 0.184. The molecule has 0 saturated heterocycles. The molecule has 1 heterocycles. The Balaban J connectivity index is 2.77. The predicted octanol–water partition coefficient (Wildman–Crippen LogP) is 0.508. The predicted molar refractivity (Wildman–Crippen MR) is 67.1 cm³/mol. The number of nitrogens with two attached hydrogens (primary N) is 1. The second-order valence-electron chi connectivity index (χ2n) is 3.62.